The molecule has 31 heavy (non-hydrogen) atoms. The molecule has 1 saturated heterocycles. The second kappa shape index (κ2) is 9.52. The molecule has 1 atom stereocenters. The third-order valence-electron chi connectivity index (χ3n) is 5.68. The Hall–Kier alpha value is -2.86. The van der Waals surface area contributed by atoms with E-state index in [0.717, 1.165) is 16.7 Å². The van der Waals surface area contributed by atoms with Crippen molar-refractivity contribution in [2.45, 2.75) is 46.1 Å². The van der Waals surface area contributed by atoms with E-state index in [-0.39, 0.29) is 24.2 Å². The van der Waals surface area contributed by atoms with Crippen molar-refractivity contribution in [3.05, 3.63) is 40.6 Å². The highest BCUT2D eigenvalue weighted by molar-refractivity contribution is 7.93. The maximum absolute atomic E-state index is 12.9. The SMILES string of the molecule is CCOC(=O)OC1=C(c2cc(C)ccc2C)C(=O)NC1CC1CCS(=O)(=NC#N)CC1. The van der Waals surface area contributed by atoms with Gasteiger partial charge in [-0.25, -0.2) is 9.00 Å². The van der Waals surface area contributed by atoms with Gasteiger partial charge in [-0.1, -0.05) is 23.8 Å². The van der Waals surface area contributed by atoms with E-state index >= 15 is 0 Å². The van der Waals surface area contributed by atoms with Gasteiger partial charge in [-0.2, -0.15) is 5.26 Å². The third-order valence-corrected chi connectivity index (χ3v) is 7.84. The molecule has 1 N–H and O–H groups in total. The average molecular weight is 446 g/mol. The fourth-order valence-electron chi connectivity index (χ4n) is 4.05. The Bertz CT molecular complexity index is 1070. The van der Waals surface area contributed by atoms with Crippen LogP contribution in [0.25, 0.3) is 5.57 Å². The van der Waals surface area contributed by atoms with Crippen LogP contribution in [0.3, 0.4) is 0 Å². The van der Waals surface area contributed by atoms with E-state index in [1.54, 1.807) is 13.1 Å². The standard InChI is InChI=1S/C22H27N3O5S/c1-4-29-22(27)30-20-18(12-16-7-9-31(28,10-8-16)24-13-23)25-21(26)19(20)17-11-14(2)5-6-15(17)3/h5-6,11,16,18H,4,7-10,12H2,1-3H3,(H,25,26). The van der Waals surface area contributed by atoms with Crippen LogP contribution < -0.4 is 5.32 Å². The summed E-state index contributed by atoms with van der Waals surface area (Å²) in [7, 11) is -2.46. The minimum Gasteiger partial charge on any atom is -0.434 e. The Kier molecular flexibility index (Phi) is 7.01. The molecule has 2 aliphatic rings. The summed E-state index contributed by atoms with van der Waals surface area (Å²) in [6.07, 6.45) is 2.61. The largest absolute Gasteiger partial charge is 0.513 e. The van der Waals surface area contributed by atoms with Crippen molar-refractivity contribution >= 4 is 27.4 Å². The average Bonchev–Trinajstić information content (AvgIpc) is 3.00. The molecule has 0 aliphatic carbocycles. The number of carbonyl (C=O) groups excluding carboxylic acids is 2. The van der Waals surface area contributed by atoms with E-state index in [1.807, 2.05) is 32.0 Å². The van der Waals surface area contributed by atoms with Crippen LogP contribution in [-0.2, 0) is 24.0 Å². The van der Waals surface area contributed by atoms with Crippen molar-refractivity contribution < 1.29 is 23.3 Å². The lowest BCUT2D eigenvalue weighted by Crippen LogP contribution is -2.34. The molecule has 0 bridgehead atoms. The van der Waals surface area contributed by atoms with Gasteiger partial charge in [-0.3, -0.25) is 4.79 Å². The molecule has 2 aliphatic heterocycles. The van der Waals surface area contributed by atoms with Crippen LogP contribution in [0, 0.1) is 31.2 Å². The zero-order valence-electron chi connectivity index (χ0n) is 18.0. The third kappa shape index (κ3) is 5.25. The summed E-state index contributed by atoms with van der Waals surface area (Å²) in [5.74, 6) is 0.843. The van der Waals surface area contributed by atoms with Crippen molar-refractivity contribution in [1.29, 1.82) is 5.26 Å². The number of benzene rings is 1. The van der Waals surface area contributed by atoms with E-state index in [1.165, 1.54) is 0 Å². The number of hydrogen-bond acceptors (Lipinski definition) is 7. The predicted octanol–water partition coefficient (Wildman–Crippen LogP) is 3.44. The normalized spacial score (nSPS) is 25.5. The molecular formula is C22H27N3O5S. The van der Waals surface area contributed by atoms with Crippen molar-refractivity contribution in [3.63, 3.8) is 0 Å². The highest BCUT2D eigenvalue weighted by atomic mass is 32.2. The molecule has 3 rings (SSSR count). The summed E-state index contributed by atoms with van der Waals surface area (Å²) in [5, 5.41) is 11.7. The molecule has 2 heterocycles. The predicted molar refractivity (Wildman–Crippen MR) is 116 cm³/mol. The lowest BCUT2D eigenvalue weighted by atomic mass is 9.92. The molecule has 0 radical (unpaired) electrons. The van der Waals surface area contributed by atoms with Crippen molar-refractivity contribution in [2.75, 3.05) is 18.1 Å². The Morgan fingerprint density at radius 2 is 2.03 bits per heavy atom. The number of nitrogens with zero attached hydrogens (tertiary/aromatic N) is 2. The second-order valence-electron chi connectivity index (χ2n) is 7.92. The zero-order valence-corrected chi connectivity index (χ0v) is 18.8. The molecular weight excluding hydrogens is 418 g/mol. The fourth-order valence-corrected chi connectivity index (χ4v) is 5.99. The number of nitrogens with one attached hydrogen (secondary N) is 1. The first-order valence-corrected chi connectivity index (χ1v) is 12.2. The summed E-state index contributed by atoms with van der Waals surface area (Å²) in [5.41, 5.74) is 2.96. The zero-order chi connectivity index (χ0) is 22.6. The first-order chi connectivity index (χ1) is 14.8. The smallest absolute Gasteiger partial charge is 0.434 e. The lowest BCUT2D eigenvalue weighted by Gasteiger charge is -2.26. The number of amides is 1. The Morgan fingerprint density at radius 1 is 1.32 bits per heavy atom. The van der Waals surface area contributed by atoms with Gasteiger partial charge in [-0.05, 0) is 57.1 Å². The molecule has 9 heteroatoms. The van der Waals surface area contributed by atoms with Crippen molar-refractivity contribution in [2.24, 2.45) is 10.3 Å². The summed E-state index contributed by atoms with van der Waals surface area (Å²) >= 11 is 0. The Labute approximate surface area is 182 Å². The van der Waals surface area contributed by atoms with Gasteiger partial charge in [0.1, 0.15) is 5.76 Å². The van der Waals surface area contributed by atoms with Gasteiger partial charge in [0.25, 0.3) is 5.91 Å². The minimum absolute atomic E-state index is 0.160. The first kappa shape index (κ1) is 22.8. The first-order valence-electron chi connectivity index (χ1n) is 10.3. The van der Waals surface area contributed by atoms with Gasteiger partial charge in [-0.15, -0.1) is 4.36 Å². The van der Waals surface area contributed by atoms with Gasteiger partial charge in [0.05, 0.1) is 28.0 Å². The number of nitriles is 1. The molecule has 1 fully saturated rings. The highest BCUT2D eigenvalue weighted by Crippen LogP contribution is 2.35. The Balaban J connectivity index is 1.90. The van der Waals surface area contributed by atoms with Crippen LogP contribution in [-0.4, -0.2) is 40.4 Å². The quantitative estimate of drug-likeness (QED) is 0.548. The van der Waals surface area contributed by atoms with Crippen LogP contribution >= 0.6 is 0 Å². The summed E-state index contributed by atoms with van der Waals surface area (Å²) in [4.78, 5) is 25.1. The maximum atomic E-state index is 12.9. The van der Waals surface area contributed by atoms with Crippen LogP contribution in [0.4, 0.5) is 4.79 Å². The van der Waals surface area contributed by atoms with Crippen LogP contribution in [0.1, 0.15) is 42.9 Å². The number of carbonyl (C=O) groups is 2. The maximum Gasteiger partial charge on any atom is 0.513 e. The van der Waals surface area contributed by atoms with Crippen molar-refractivity contribution in [3.8, 4) is 6.19 Å². The van der Waals surface area contributed by atoms with Gasteiger partial charge in [0.2, 0.25) is 6.19 Å². The molecule has 0 saturated carbocycles. The van der Waals surface area contributed by atoms with E-state index in [0.29, 0.717) is 36.3 Å². The molecule has 1 aromatic carbocycles. The lowest BCUT2D eigenvalue weighted by molar-refractivity contribution is -0.115. The number of aryl methyl sites for hydroxylation is 2. The minimum atomic E-state index is -2.46. The molecule has 1 amide bonds. The summed E-state index contributed by atoms with van der Waals surface area (Å²) < 4.78 is 26.6. The van der Waals surface area contributed by atoms with Crippen molar-refractivity contribution in [1.82, 2.24) is 5.32 Å². The van der Waals surface area contributed by atoms with E-state index in [4.69, 9.17) is 14.7 Å². The van der Waals surface area contributed by atoms with E-state index in [9.17, 15) is 13.8 Å². The Morgan fingerprint density at radius 3 is 2.68 bits per heavy atom. The molecule has 0 spiro atoms. The van der Waals surface area contributed by atoms with Gasteiger partial charge >= 0.3 is 6.16 Å². The number of rotatable bonds is 5. The van der Waals surface area contributed by atoms with Gasteiger partial charge in [0.15, 0.2) is 0 Å². The topological polar surface area (TPSA) is 118 Å². The van der Waals surface area contributed by atoms with E-state index < -0.39 is 21.9 Å². The van der Waals surface area contributed by atoms with E-state index in [2.05, 4.69) is 9.68 Å². The molecule has 1 unspecified atom stereocenters. The molecule has 0 aromatic heterocycles. The van der Waals surface area contributed by atoms with Gasteiger partial charge in [0, 0.05) is 11.5 Å². The van der Waals surface area contributed by atoms with Crippen LogP contribution in [0.5, 0.6) is 0 Å². The van der Waals surface area contributed by atoms with Crippen LogP contribution in [0.15, 0.2) is 28.3 Å². The summed E-state index contributed by atoms with van der Waals surface area (Å²) in [6, 6.07) is 5.30. The fraction of sp³-hybridized carbons (Fsp3) is 0.500. The number of ether oxygens (including phenoxy) is 2. The molecule has 166 valence electrons. The number of hydrogen-bond donors (Lipinski definition) is 1. The molecule has 8 nitrogen and oxygen atoms in total. The second-order valence-corrected chi connectivity index (χ2v) is 10.5. The van der Waals surface area contributed by atoms with Crippen LogP contribution in [0.2, 0.25) is 0 Å². The molecule has 1 aromatic rings. The highest BCUT2D eigenvalue weighted by Gasteiger charge is 2.38. The monoisotopic (exact) mass is 445 g/mol. The summed E-state index contributed by atoms with van der Waals surface area (Å²) in [6.45, 7) is 5.69. The van der Waals surface area contributed by atoms with Gasteiger partial charge < -0.3 is 14.8 Å².